The number of amides is 1. The minimum atomic E-state index is -2.88. The molecule has 1 aliphatic heterocycles. The van der Waals surface area contributed by atoms with Gasteiger partial charge in [-0.3, -0.25) is 4.79 Å². The van der Waals surface area contributed by atoms with E-state index in [-0.39, 0.29) is 23.6 Å². The number of hydrogen-bond acceptors (Lipinski definition) is 3. The van der Waals surface area contributed by atoms with Crippen LogP contribution in [-0.2, 0) is 4.79 Å². The fraction of sp³-hybridized carbons (Fsp3) is 0.632. The maximum absolute atomic E-state index is 12.6. The summed E-state index contributed by atoms with van der Waals surface area (Å²) in [7, 11) is 0. The van der Waals surface area contributed by atoms with Crippen molar-refractivity contribution in [3.63, 3.8) is 0 Å². The van der Waals surface area contributed by atoms with Gasteiger partial charge < -0.3 is 15.4 Å². The zero-order valence-corrected chi connectivity index (χ0v) is 14.9. The van der Waals surface area contributed by atoms with Crippen molar-refractivity contribution in [2.45, 2.75) is 52.2 Å². The Morgan fingerprint density at radius 2 is 2.16 bits per heavy atom. The fourth-order valence-corrected chi connectivity index (χ4v) is 3.45. The van der Waals surface area contributed by atoms with Crippen LogP contribution < -0.4 is 15.4 Å². The SMILES string of the molecule is CCC(NC(=O)CC(C)C1CCCNC1)c1ccccc1OC(F)F. The third-order valence-corrected chi connectivity index (χ3v) is 4.90. The highest BCUT2D eigenvalue weighted by Crippen LogP contribution is 2.29. The van der Waals surface area contributed by atoms with Crippen molar-refractivity contribution >= 4 is 5.91 Å². The lowest BCUT2D eigenvalue weighted by atomic mass is 9.85. The number of ether oxygens (including phenoxy) is 1. The molecule has 0 spiro atoms. The lowest BCUT2D eigenvalue weighted by molar-refractivity contribution is -0.123. The lowest BCUT2D eigenvalue weighted by Gasteiger charge is -2.28. The monoisotopic (exact) mass is 354 g/mol. The predicted octanol–water partition coefficient (Wildman–Crippen LogP) is 3.88. The number of nitrogens with one attached hydrogen (secondary N) is 2. The van der Waals surface area contributed by atoms with Crippen molar-refractivity contribution in [2.24, 2.45) is 11.8 Å². The molecule has 3 unspecified atom stereocenters. The highest BCUT2D eigenvalue weighted by atomic mass is 19.3. The molecule has 0 saturated carbocycles. The number of carbonyl (C=O) groups is 1. The zero-order chi connectivity index (χ0) is 18.2. The average Bonchev–Trinajstić information content (AvgIpc) is 2.60. The molecule has 1 aliphatic rings. The van der Waals surface area contributed by atoms with Crippen molar-refractivity contribution in [3.05, 3.63) is 29.8 Å². The summed E-state index contributed by atoms with van der Waals surface area (Å²) in [5.41, 5.74) is 0.589. The molecule has 1 aromatic rings. The minimum absolute atomic E-state index is 0.0447. The smallest absolute Gasteiger partial charge is 0.387 e. The molecule has 2 rings (SSSR count). The first-order valence-electron chi connectivity index (χ1n) is 9.05. The highest BCUT2D eigenvalue weighted by molar-refractivity contribution is 5.76. The van der Waals surface area contributed by atoms with Crippen LogP contribution in [0.3, 0.4) is 0 Å². The summed E-state index contributed by atoms with van der Waals surface area (Å²) in [6, 6.07) is 6.30. The standard InChI is InChI=1S/C19H28F2N2O2/c1-3-16(15-8-4-5-9-17(15)25-19(20)21)23-18(24)11-13(2)14-7-6-10-22-12-14/h4-5,8-9,13-14,16,19,22H,3,6-7,10-12H2,1-2H3,(H,23,24). The van der Waals surface area contributed by atoms with Crippen LogP contribution in [0.1, 0.15) is 51.1 Å². The molecule has 1 amide bonds. The van der Waals surface area contributed by atoms with Gasteiger partial charge in [-0.2, -0.15) is 8.78 Å². The van der Waals surface area contributed by atoms with Gasteiger partial charge in [-0.25, -0.2) is 0 Å². The molecule has 0 aliphatic carbocycles. The molecule has 0 bridgehead atoms. The van der Waals surface area contributed by atoms with Gasteiger partial charge in [0, 0.05) is 12.0 Å². The summed E-state index contributed by atoms with van der Waals surface area (Å²) in [6.07, 6.45) is 3.34. The maximum atomic E-state index is 12.6. The number of piperidine rings is 1. The van der Waals surface area contributed by atoms with E-state index in [9.17, 15) is 13.6 Å². The van der Waals surface area contributed by atoms with Gasteiger partial charge in [-0.05, 0) is 50.3 Å². The predicted molar refractivity (Wildman–Crippen MR) is 93.6 cm³/mol. The first-order chi connectivity index (χ1) is 12.0. The van der Waals surface area contributed by atoms with E-state index in [1.54, 1.807) is 18.2 Å². The number of para-hydroxylation sites is 1. The summed E-state index contributed by atoms with van der Waals surface area (Å²) in [5, 5.41) is 6.36. The quantitative estimate of drug-likeness (QED) is 0.745. The van der Waals surface area contributed by atoms with Crippen LogP contribution in [0.2, 0.25) is 0 Å². The van der Waals surface area contributed by atoms with Crippen molar-refractivity contribution in [3.8, 4) is 5.75 Å². The molecule has 4 nitrogen and oxygen atoms in total. The van der Waals surface area contributed by atoms with Crippen LogP contribution in [0.4, 0.5) is 8.78 Å². The molecule has 25 heavy (non-hydrogen) atoms. The Morgan fingerprint density at radius 1 is 1.40 bits per heavy atom. The Hall–Kier alpha value is -1.69. The van der Waals surface area contributed by atoms with Gasteiger partial charge in [0.05, 0.1) is 6.04 Å². The van der Waals surface area contributed by atoms with Gasteiger partial charge in [0.15, 0.2) is 0 Å². The van der Waals surface area contributed by atoms with Crippen LogP contribution in [0.25, 0.3) is 0 Å². The Kier molecular flexibility index (Phi) is 7.62. The molecule has 140 valence electrons. The van der Waals surface area contributed by atoms with E-state index < -0.39 is 6.61 Å². The van der Waals surface area contributed by atoms with Crippen molar-refractivity contribution in [2.75, 3.05) is 13.1 Å². The molecule has 0 radical (unpaired) electrons. The molecule has 3 atom stereocenters. The Labute approximate surface area is 148 Å². The number of carbonyl (C=O) groups excluding carboxylic acids is 1. The summed E-state index contributed by atoms with van der Waals surface area (Å²) in [5.74, 6) is 0.873. The molecule has 1 aromatic carbocycles. The second-order valence-electron chi connectivity index (χ2n) is 6.73. The minimum Gasteiger partial charge on any atom is -0.434 e. The van der Waals surface area contributed by atoms with Crippen molar-refractivity contribution in [1.82, 2.24) is 10.6 Å². The van der Waals surface area contributed by atoms with Crippen LogP contribution in [-0.4, -0.2) is 25.6 Å². The molecule has 1 saturated heterocycles. The van der Waals surface area contributed by atoms with Gasteiger partial charge in [-0.1, -0.05) is 32.0 Å². The van der Waals surface area contributed by atoms with Gasteiger partial charge >= 0.3 is 6.61 Å². The molecule has 1 fully saturated rings. The van der Waals surface area contributed by atoms with Crippen LogP contribution >= 0.6 is 0 Å². The van der Waals surface area contributed by atoms with E-state index in [0.29, 0.717) is 24.3 Å². The number of hydrogen-bond donors (Lipinski definition) is 2. The lowest BCUT2D eigenvalue weighted by Crippen LogP contribution is -2.36. The second kappa shape index (κ2) is 9.70. The maximum Gasteiger partial charge on any atom is 0.387 e. The molecular weight excluding hydrogens is 326 g/mol. The largest absolute Gasteiger partial charge is 0.434 e. The van der Waals surface area contributed by atoms with Gasteiger partial charge in [0.2, 0.25) is 5.91 Å². The van der Waals surface area contributed by atoms with E-state index in [0.717, 1.165) is 25.9 Å². The summed E-state index contributed by atoms with van der Waals surface area (Å²) < 4.78 is 29.8. The first kappa shape index (κ1) is 19.6. The third kappa shape index (κ3) is 5.96. The molecule has 0 aromatic heterocycles. The highest BCUT2D eigenvalue weighted by Gasteiger charge is 2.24. The topological polar surface area (TPSA) is 50.4 Å². The Morgan fingerprint density at radius 3 is 2.80 bits per heavy atom. The summed E-state index contributed by atoms with van der Waals surface area (Å²) in [6.45, 7) is 3.14. The second-order valence-corrected chi connectivity index (χ2v) is 6.73. The van der Waals surface area contributed by atoms with Crippen LogP contribution in [0.15, 0.2) is 24.3 Å². The number of rotatable bonds is 8. The first-order valence-corrected chi connectivity index (χ1v) is 9.05. The van der Waals surface area contributed by atoms with E-state index in [4.69, 9.17) is 0 Å². The van der Waals surface area contributed by atoms with E-state index in [1.807, 2.05) is 6.92 Å². The van der Waals surface area contributed by atoms with E-state index in [2.05, 4.69) is 22.3 Å². The normalized spacial score (nSPS) is 20.1. The zero-order valence-electron chi connectivity index (χ0n) is 14.9. The van der Waals surface area contributed by atoms with Gasteiger partial charge in [-0.15, -0.1) is 0 Å². The van der Waals surface area contributed by atoms with Crippen LogP contribution in [0.5, 0.6) is 5.75 Å². The molecule has 6 heteroatoms. The summed E-state index contributed by atoms with van der Waals surface area (Å²) >= 11 is 0. The van der Waals surface area contributed by atoms with Crippen molar-refractivity contribution < 1.29 is 18.3 Å². The number of alkyl halides is 2. The molecule has 2 N–H and O–H groups in total. The summed E-state index contributed by atoms with van der Waals surface area (Å²) in [4.78, 5) is 12.5. The van der Waals surface area contributed by atoms with Gasteiger partial charge in [0.25, 0.3) is 0 Å². The van der Waals surface area contributed by atoms with E-state index >= 15 is 0 Å². The molecule has 1 heterocycles. The third-order valence-electron chi connectivity index (χ3n) is 4.90. The molecular formula is C19H28F2N2O2. The number of benzene rings is 1. The van der Waals surface area contributed by atoms with Crippen molar-refractivity contribution in [1.29, 1.82) is 0 Å². The fourth-order valence-electron chi connectivity index (χ4n) is 3.45. The average molecular weight is 354 g/mol. The number of halogens is 2. The van der Waals surface area contributed by atoms with Gasteiger partial charge in [0.1, 0.15) is 5.75 Å². The van der Waals surface area contributed by atoms with Crippen LogP contribution in [0, 0.1) is 11.8 Å². The Bertz CT molecular complexity index is 548. The Balaban J connectivity index is 1.98. The van der Waals surface area contributed by atoms with E-state index in [1.165, 1.54) is 6.07 Å².